The highest BCUT2D eigenvalue weighted by Gasteiger charge is 2.57. The van der Waals surface area contributed by atoms with Crippen LogP contribution in [0.4, 0.5) is 10.2 Å². The molecule has 3 aromatic rings. The van der Waals surface area contributed by atoms with E-state index >= 15 is 4.39 Å². The van der Waals surface area contributed by atoms with Crippen LogP contribution in [0.1, 0.15) is 39.7 Å². The Kier molecular flexibility index (Phi) is 10.3. The molecule has 2 aromatic heterocycles. The second kappa shape index (κ2) is 13.4. The molecule has 43 heavy (non-hydrogen) atoms. The number of anilines is 1. The number of hydrogen-bond acceptors (Lipinski definition) is 11. The van der Waals surface area contributed by atoms with Crippen LogP contribution in [0.5, 0.6) is 5.75 Å². The van der Waals surface area contributed by atoms with Crippen LogP contribution in [-0.2, 0) is 23.4 Å². The standard InChI is InChI=1S/C27H37ClFN6O7P/c1-7-34(6)23-21-24(32-18(5)31-23)35(15-30-21)25-20(29)22(36)27(13-28,41-25)14-39-43(38,42-19-11-9-8-10-12-19)33-17(4)26(37)40-16(2)3/h8-12,15-17,20,22,25,36H,7,13-14H2,1-6H3,(H,33,38)/t17-,20-,22-,25+,27+,43?/m0/s1. The Bertz CT molecular complexity index is 1470. The molecule has 1 unspecified atom stereocenters. The van der Waals surface area contributed by atoms with Gasteiger partial charge in [0.15, 0.2) is 29.4 Å². The van der Waals surface area contributed by atoms with Gasteiger partial charge in [0.05, 0.1) is 24.9 Å². The molecule has 1 aromatic carbocycles. The topological polar surface area (TPSA) is 150 Å². The van der Waals surface area contributed by atoms with Crippen molar-refractivity contribution in [2.45, 2.75) is 70.9 Å². The van der Waals surface area contributed by atoms with Gasteiger partial charge in [0, 0.05) is 13.6 Å². The fraction of sp³-hybridized carbons (Fsp3) is 0.556. The van der Waals surface area contributed by atoms with Gasteiger partial charge in [-0.25, -0.2) is 23.9 Å². The van der Waals surface area contributed by atoms with Gasteiger partial charge in [-0.1, -0.05) is 18.2 Å². The third-order valence-corrected chi connectivity index (χ3v) is 8.90. The van der Waals surface area contributed by atoms with Crippen LogP contribution < -0.4 is 14.5 Å². The number of alkyl halides is 2. The Hall–Kier alpha value is -2.87. The first-order chi connectivity index (χ1) is 20.3. The predicted octanol–water partition coefficient (Wildman–Crippen LogP) is 3.93. The fourth-order valence-corrected chi connectivity index (χ4v) is 6.28. The molecule has 0 saturated carbocycles. The number of aryl methyl sites for hydroxylation is 1. The van der Waals surface area contributed by atoms with Crippen molar-refractivity contribution in [3.05, 3.63) is 42.5 Å². The maximum atomic E-state index is 15.8. The van der Waals surface area contributed by atoms with E-state index in [0.29, 0.717) is 29.4 Å². The maximum absolute atomic E-state index is 15.8. The summed E-state index contributed by atoms with van der Waals surface area (Å²) in [5, 5.41) is 13.6. The first-order valence-electron chi connectivity index (χ1n) is 13.8. The molecule has 1 aliphatic rings. The second-order valence-corrected chi connectivity index (χ2v) is 12.5. The number of rotatable bonds is 13. The van der Waals surface area contributed by atoms with Gasteiger partial charge < -0.3 is 24.0 Å². The number of para-hydroxylation sites is 1. The molecule has 0 amide bonds. The highest BCUT2D eigenvalue weighted by Crippen LogP contribution is 2.49. The van der Waals surface area contributed by atoms with Crippen LogP contribution in [-0.4, -0.2) is 86.7 Å². The van der Waals surface area contributed by atoms with Crippen molar-refractivity contribution in [2.75, 3.05) is 31.0 Å². The third-order valence-electron chi connectivity index (χ3n) is 6.82. The Labute approximate surface area is 254 Å². The number of fused-ring (bicyclic) bond motifs is 1. The molecule has 236 valence electrons. The number of carbonyl (C=O) groups excluding carboxylic acids is 1. The van der Waals surface area contributed by atoms with Crippen LogP contribution in [0.15, 0.2) is 36.7 Å². The van der Waals surface area contributed by atoms with Crippen LogP contribution in [0, 0.1) is 6.92 Å². The molecule has 0 aliphatic carbocycles. The summed E-state index contributed by atoms with van der Waals surface area (Å²) in [7, 11) is -2.52. The summed E-state index contributed by atoms with van der Waals surface area (Å²) in [6.07, 6.45) is -4.27. The second-order valence-electron chi connectivity index (χ2n) is 10.5. The van der Waals surface area contributed by atoms with Gasteiger partial charge >= 0.3 is 13.7 Å². The summed E-state index contributed by atoms with van der Waals surface area (Å²) in [5.74, 6) is 0.0252. The molecule has 16 heteroatoms. The van der Waals surface area contributed by atoms with E-state index in [1.807, 2.05) is 18.9 Å². The van der Waals surface area contributed by atoms with E-state index < -0.39 is 62.5 Å². The van der Waals surface area contributed by atoms with Gasteiger partial charge in [0.1, 0.15) is 29.3 Å². The molecule has 2 N–H and O–H groups in total. The molecule has 3 heterocycles. The zero-order chi connectivity index (χ0) is 31.5. The number of nitrogens with zero attached hydrogens (tertiary/aromatic N) is 5. The average Bonchev–Trinajstić information content (AvgIpc) is 3.49. The summed E-state index contributed by atoms with van der Waals surface area (Å²) in [6, 6.07) is 7.01. The lowest BCUT2D eigenvalue weighted by atomic mass is 9.99. The van der Waals surface area contributed by atoms with Crippen molar-refractivity contribution >= 4 is 42.3 Å². The number of hydrogen-bond donors (Lipinski definition) is 2. The molecular weight excluding hydrogens is 606 g/mol. The van der Waals surface area contributed by atoms with Crippen LogP contribution in [0.2, 0.25) is 0 Å². The molecule has 0 radical (unpaired) electrons. The van der Waals surface area contributed by atoms with E-state index in [1.54, 1.807) is 51.1 Å². The molecule has 1 saturated heterocycles. The van der Waals surface area contributed by atoms with Gasteiger partial charge in [-0.05, 0) is 46.8 Å². The molecule has 1 aliphatic heterocycles. The molecule has 13 nitrogen and oxygen atoms in total. The van der Waals surface area contributed by atoms with E-state index in [4.69, 9.17) is 30.1 Å². The van der Waals surface area contributed by atoms with Crippen molar-refractivity contribution < 1.29 is 37.4 Å². The number of esters is 1. The van der Waals surface area contributed by atoms with Crippen molar-refractivity contribution in [2.24, 2.45) is 0 Å². The number of halogens is 2. The van der Waals surface area contributed by atoms with Gasteiger partial charge in [0.2, 0.25) is 0 Å². The zero-order valence-electron chi connectivity index (χ0n) is 24.8. The SMILES string of the molecule is CCN(C)c1nc(C)nc2c1ncn2[C@@H]1O[C@](CCl)(COP(=O)(N[C@@H](C)C(=O)OC(C)C)Oc2ccccc2)[C@@H](O)[C@@H]1F. The van der Waals surface area contributed by atoms with Crippen LogP contribution in [0.25, 0.3) is 11.2 Å². The molecule has 0 spiro atoms. The fourth-order valence-electron chi connectivity index (χ4n) is 4.44. The number of nitrogens with one attached hydrogen (secondary N) is 1. The first-order valence-corrected chi connectivity index (χ1v) is 15.9. The number of aliphatic hydroxyl groups excluding tert-OH is 1. The lowest BCUT2D eigenvalue weighted by Gasteiger charge is -2.31. The molecule has 1 fully saturated rings. The van der Waals surface area contributed by atoms with Gasteiger partial charge in [-0.15, -0.1) is 11.6 Å². The maximum Gasteiger partial charge on any atom is 0.459 e. The highest BCUT2D eigenvalue weighted by atomic mass is 35.5. The monoisotopic (exact) mass is 642 g/mol. The largest absolute Gasteiger partial charge is 0.462 e. The van der Waals surface area contributed by atoms with Gasteiger partial charge in [-0.3, -0.25) is 13.9 Å². The Morgan fingerprint density at radius 1 is 1.30 bits per heavy atom. The number of carbonyl (C=O) groups is 1. The minimum Gasteiger partial charge on any atom is -0.462 e. The van der Waals surface area contributed by atoms with E-state index in [1.165, 1.54) is 17.8 Å². The van der Waals surface area contributed by atoms with Crippen LogP contribution in [0.3, 0.4) is 0 Å². The predicted molar refractivity (Wildman–Crippen MR) is 158 cm³/mol. The molecule has 6 atom stereocenters. The summed E-state index contributed by atoms with van der Waals surface area (Å²) in [6.45, 7) is 8.41. The van der Waals surface area contributed by atoms with E-state index in [9.17, 15) is 14.5 Å². The quantitative estimate of drug-likeness (QED) is 0.158. The third kappa shape index (κ3) is 7.11. The number of benzene rings is 1. The Morgan fingerprint density at radius 2 is 2.00 bits per heavy atom. The lowest BCUT2D eigenvalue weighted by Crippen LogP contribution is -2.48. The Balaban J connectivity index is 1.62. The van der Waals surface area contributed by atoms with E-state index in [2.05, 4.69) is 20.0 Å². The zero-order valence-corrected chi connectivity index (χ0v) is 26.5. The molecule has 4 rings (SSSR count). The van der Waals surface area contributed by atoms with Gasteiger partial charge in [0.25, 0.3) is 0 Å². The number of imidazole rings is 1. The molecular formula is C27H37ClFN6O7P. The smallest absolute Gasteiger partial charge is 0.459 e. The van der Waals surface area contributed by atoms with Crippen molar-refractivity contribution in [1.82, 2.24) is 24.6 Å². The van der Waals surface area contributed by atoms with E-state index in [-0.39, 0.29) is 5.75 Å². The minimum atomic E-state index is -4.36. The average molecular weight is 643 g/mol. The summed E-state index contributed by atoms with van der Waals surface area (Å²) in [5.41, 5.74) is -1.15. The van der Waals surface area contributed by atoms with Crippen molar-refractivity contribution in [3.63, 3.8) is 0 Å². The Morgan fingerprint density at radius 3 is 2.63 bits per heavy atom. The number of aromatic nitrogens is 4. The summed E-state index contributed by atoms with van der Waals surface area (Å²) >= 11 is 6.27. The van der Waals surface area contributed by atoms with Gasteiger partial charge in [-0.2, -0.15) is 5.09 Å². The van der Waals surface area contributed by atoms with E-state index in [0.717, 1.165) is 0 Å². The summed E-state index contributed by atoms with van der Waals surface area (Å²) in [4.78, 5) is 27.6. The minimum absolute atomic E-state index is 0.171. The lowest BCUT2D eigenvalue weighted by molar-refractivity contribution is -0.149. The van der Waals surface area contributed by atoms with Crippen molar-refractivity contribution in [1.29, 1.82) is 0 Å². The van der Waals surface area contributed by atoms with Crippen LogP contribution >= 0.6 is 19.3 Å². The normalized spacial score (nSPS) is 24.2. The number of aliphatic hydroxyl groups is 1. The summed E-state index contributed by atoms with van der Waals surface area (Å²) < 4.78 is 53.8. The number of ether oxygens (including phenoxy) is 2. The first kappa shape index (κ1) is 33.0. The molecule has 0 bridgehead atoms. The highest BCUT2D eigenvalue weighted by molar-refractivity contribution is 7.52. The van der Waals surface area contributed by atoms with Crippen molar-refractivity contribution in [3.8, 4) is 5.75 Å².